The van der Waals surface area contributed by atoms with E-state index in [2.05, 4.69) is 5.32 Å². The highest BCUT2D eigenvalue weighted by Gasteiger charge is 2.37. The molecular weight excluding hydrogens is 548 g/mol. The first-order chi connectivity index (χ1) is 18.9. The molecule has 0 fully saturated rings. The number of rotatable bonds is 9. The van der Waals surface area contributed by atoms with E-state index in [-0.39, 0.29) is 39.4 Å². The van der Waals surface area contributed by atoms with Gasteiger partial charge in [-0.15, -0.1) is 0 Å². The van der Waals surface area contributed by atoms with Gasteiger partial charge in [-0.3, -0.25) is 4.79 Å². The largest absolute Gasteiger partial charge is 0.487 e. The average molecular weight is 579 g/mol. The predicted molar refractivity (Wildman–Crippen MR) is 155 cm³/mol. The molecule has 0 heterocycles. The lowest BCUT2D eigenvalue weighted by atomic mass is 9.95. The van der Waals surface area contributed by atoms with Crippen molar-refractivity contribution in [2.75, 3.05) is 9.03 Å². The highest BCUT2D eigenvalue weighted by atomic mass is 32.3. The van der Waals surface area contributed by atoms with E-state index in [1.807, 2.05) is 30.3 Å². The molecule has 0 atom stereocenters. The molecule has 0 saturated heterocycles. The molecule has 4 rings (SSSR count). The van der Waals surface area contributed by atoms with Crippen molar-refractivity contribution in [3.8, 4) is 5.75 Å². The summed E-state index contributed by atoms with van der Waals surface area (Å²) in [6, 6.07) is 28.0. The minimum atomic E-state index is -4.60. The summed E-state index contributed by atoms with van der Waals surface area (Å²) in [4.78, 5) is 12.4. The number of nitrogens with zero attached hydrogens (tertiary/aromatic N) is 1. The van der Waals surface area contributed by atoms with Crippen molar-refractivity contribution in [3.63, 3.8) is 0 Å². The molecule has 40 heavy (non-hydrogen) atoms. The van der Waals surface area contributed by atoms with Gasteiger partial charge in [0.2, 0.25) is 5.91 Å². The number of carbonyl (C=O) groups is 1. The van der Waals surface area contributed by atoms with E-state index in [0.29, 0.717) is 3.71 Å². The van der Waals surface area contributed by atoms with Crippen LogP contribution in [-0.2, 0) is 31.4 Å². The summed E-state index contributed by atoms with van der Waals surface area (Å²) in [7, 11) is -9.20. The van der Waals surface area contributed by atoms with Crippen LogP contribution in [0.1, 0.15) is 26.3 Å². The zero-order valence-electron chi connectivity index (χ0n) is 22.3. The fraction of sp³-hybridized carbons (Fsp3) is 0.167. The Kier molecular flexibility index (Phi) is 8.32. The number of nitrogens with one attached hydrogen (secondary N) is 1. The van der Waals surface area contributed by atoms with Crippen LogP contribution in [0.15, 0.2) is 119 Å². The smallest absolute Gasteiger partial charge is 0.277 e. The van der Waals surface area contributed by atoms with Gasteiger partial charge in [-0.1, -0.05) is 87.5 Å². The van der Waals surface area contributed by atoms with Gasteiger partial charge in [0, 0.05) is 11.5 Å². The van der Waals surface area contributed by atoms with Crippen molar-refractivity contribution >= 4 is 37.3 Å². The summed E-state index contributed by atoms with van der Waals surface area (Å²) in [6.07, 6.45) is 0. The molecule has 0 unspecified atom stereocenters. The zero-order valence-corrected chi connectivity index (χ0v) is 23.9. The Morgan fingerprint density at radius 2 is 1.20 bits per heavy atom. The summed E-state index contributed by atoms with van der Waals surface area (Å²) in [5, 5.41) is 2.81. The third-order valence-corrected chi connectivity index (χ3v) is 10.1. The van der Waals surface area contributed by atoms with Gasteiger partial charge in [-0.05, 0) is 42.0 Å². The van der Waals surface area contributed by atoms with Crippen molar-refractivity contribution in [1.29, 1.82) is 0 Å². The first-order valence-corrected chi connectivity index (χ1v) is 15.3. The standard InChI is InChI=1S/C30H30N2O6S2/c1-30(2,3)29(33)31-27-20-19-24(21-28(27)38-22-23-13-7-4-8-14-23)32(39(34,35)25-15-9-5-10-16-25)40(36,37)26-17-11-6-12-18-26/h4-21H,22H2,1-3H3,(H,31,33). The lowest BCUT2D eigenvalue weighted by Crippen LogP contribution is -2.37. The molecule has 0 aromatic heterocycles. The summed E-state index contributed by atoms with van der Waals surface area (Å²) in [5.41, 5.74) is 0.194. The van der Waals surface area contributed by atoms with E-state index in [9.17, 15) is 21.6 Å². The summed E-state index contributed by atoms with van der Waals surface area (Å²) in [6.45, 7) is 5.35. The number of sulfonamides is 2. The van der Waals surface area contributed by atoms with Gasteiger partial charge in [0.05, 0.1) is 21.2 Å². The van der Waals surface area contributed by atoms with Gasteiger partial charge in [0.1, 0.15) is 12.4 Å². The van der Waals surface area contributed by atoms with Crippen LogP contribution >= 0.6 is 0 Å². The van der Waals surface area contributed by atoms with Crippen molar-refractivity contribution < 1.29 is 26.4 Å². The second-order valence-corrected chi connectivity index (χ2v) is 13.8. The molecule has 0 radical (unpaired) electrons. The van der Waals surface area contributed by atoms with E-state index >= 15 is 0 Å². The molecule has 208 valence electrons. The SMILES string of the molecule is CC(C)(C)C(=O)Nc1ccc(N(S(=O)(=O)c2ccccc2)S(=O)(=O)c2ccccc2)cc1OCc1ccccc1. The Hall–Kier alpha value is -4.15. The van der Waals surface area contributed by atoms with Crippen LogP contribution in [0.4, 0.5) is 11.4 Å². The Bertz CT molecular complexity index is 1620. The minimum Gasteiger partial charge on any atom is -0.487 e. The molecule has 0 saturated carbocycles. The number of hydrogen-bond acceptors (Lipinski definition) is 6. The van der Waals surface area contributed by atoms with E-state index in [1.165, 1.54) is 66.7 Å². The Morgan fingerprint density at radius 3 is 1.68 bits per heavy atom. The third-order valence-electron chi connectivity index (χ3n) is 5.86. The second kappa shape index (κ2) is 11.5. The molecule has 0 aliphatic carbocycles. The topological polar surface area (TPSA) is 110 Å². The van der Waals surface area contributed by atoms with Crippen LogP contribution < -0.4 is 13.8 Å². The fourth-order valence-corrected chi connectivity index (χ4v) is 7.39. The van der Waals surface area contributed by atoms with Gasteiger partial charge < -0.3 is 10.1 Å². The number of ether oxygens (including phenoxy) is 1. The van der Waals surface area contributed by atoms with E-state index < -0.39 is 25.5 Å². The molecule has 8 nitrogen and oxygen atoms in total. The first kappa shape index (κ1) is 28.8. The molecule has 0 aliphatic rings. The number of hydrogen-bond donors (Lipinski definition) is 1. The number of benzene rings is 4. The van der Waals surface area contributed by atoms with Gasteiger partial charge in [-0.25, -0.2) is 16.8 Å². The van der Waals surface area contributed by atoms with Crippen LogP contribution in [-0.4, -0.2) is 22.7 Å². The molecule has 0 aliphatic heterocycles. The maximum absolute atomic E-state index is 13.9. The van der Waals surface area contributed by atoms with Crippen LogP contribution in [0.3, 0.4) is 0 Å². The third kappa shape index (κ3) is 6.35. The summed E-state index contributed by atoms with van der Waals surface area (Å²) >= 11 is 0. The van der Waals surface area contributed by atoms with Gasteiger partial charge in [-0.2, -0.15) is 3.71 Å². The Balaban J connectivity index is 1.88. The highest BCUT2D eigenvalue weighted by molar-refractivity contribution is 8.10. The quantitative estimate of drug-likeness (QED) is 0.267. The predicted octanol–water partition coefficient (Wildman–Crippen LogP) is 5.83. The summed E-state index contributed by atoms with van der Waals surface area (Å²) in [5.74, 6) is -0.189. The van der Waals surface area contributed by atoms with Crippen LogP contribution in [0, 0.1) is 5.41 Å². The number of anilines is 2. The molecule has 10 heteroatoms. The number of carbonyl (C=O) groups excluding carboxylic acids is 1. The lowest BCUT2D eigenvalue weighted by Gasteiger charge is -2.26. The normalized spacial score (nSPS) is 12.0. The molecule has 0 bridgehead atoms. The molecule has 1 N–H and O–H groups in total. The number of amides is 1. The maximum atomic E-state index is 13.9. The molecule has 0 spiro atoms. The Morgan fingerprint density at radius 1 is 0.725 bits per heavy atom. The average Bonchev–Trinajstić information content (AvgIpc) is 2.93. The van der Waals surface area contributed by atoms with Gasteiger partial charge in [0.25, 0.3) is 20.0 Å². The van der Waals surface area contributed by atoms with Gasteiger partial charge >= 0.3 is 0 Å². The van der Waals surface area contributed by atoms with Crippen LogP contribution in [0.5, 0.6) is 5.75 Å². The van der Waals surface area contributed by atoms with E-state index in [4.69, 9.17) is 4.74 Å². The minimum absolute atomic E-state index is 0.0968. The van der Waals surface area contributed by atoms with Crippen LogP contribution in [0.2, 0.25) is 0 Å². The van der Waals surface area contributed by atoms with Crippen molar-refractivity contribution in [1.82, 2.24) is 0 Å². The van der Waals surface area contributed by atoms with Crippen LogP contribution in [0.25, 0.3) is 0 Å². The van der Waals surface area contributed by atoms with Crippen molar-refractivity contribution in [2.45, 2.75) is 37.2 Å². The molecule has 1 amide bonds. The second-order valence-electron chi connectivity index (χ2n) is 9.99. The monoisotopic (exact) mass is 578 g/mol. The zero-order chi connectivity index (χ0) is 29.0. The molecule has 4 aromatic carbocycles. The molecular formula is C30H30N2O6S2. The summed E-state index contributed by atoms with van der Waals surface area (Å²) < 4.78 is 61.9. The fourth-order valence-electron chi connectivity index (χ4n) is 3.68. The maximum Gasteiger partial charge on any atom is 0.277 e. The van der Waals surface area contributed by atoms with Gasteiger partial charge in [0.15, 0.2) is 0 Å². The molecule has 4 aromatic rings. The van der Waals surface area contributed by atoms with Crippen molar-refractivity contribution in [2.24, 2.45) is 5.41 Å². The Labute approximate surface area is 235 Å². The first-order valence-electron chi connectivity index (χ1n) is 12.4. The van der Waals surface area contributed by atoms with E-state index in [1.54, 1.807) is 32.9 Å². The highest BCUT2D eigenvalue weighted by Crippen LogP contribution is 2.37. The van der Waals surface area contributed by atoms with E-state index in [0.717, 1.165) is 5.56 Å². The lowest BCUT2D eigenvalue weighted by molar-refractivity contribution is -0.123. The van der Waals surface area contributed by atoms with Crippen molar-refractivity contribution in [3.05, 3.63) is 115 Å².